The normalized spacial score (nSPS) is 9.75. The van der Waals surface area contributed by atoms with E-state index in [4.69, 9.17) is 10.5 Å². The Morgan fingerprint density at radius 1 is 1.58 bits per heavy atom. The van der Waals surface area contributed by atoms with Crippen LogP contribution in [0.2, 0.25) is 0 Å². The number of hydrogen-bond acceptors (Lipinski definition) is 5. The van der Waals surface area contributed by atoms with Gasteiger partial charge in [-0.2, -0.15) is 0 Å². The summed E-state index contributed by atoms with van der Waals surface area (Å²) in [5, 5.41) is 3.01. The quantitative estimate of drug-likeness (QED) is 0.624. The number of rotatable bonds is 4. The summed E-state index contributed by atoms with van der Waals surface area (Å²) in [4.78, 5) is 7.87. The molecule has 0 unspecified atom stereocenters. The van der Waals surface area contributed by atoms with Crippen molar-refractivity contribution < 1.29 is 4.74 Å². The van der Waals surface area contributed by atoms with Crippen molar-refractivity contribution in [1.82, 2.24) is 9.97 Å². The maximum absolute atomic E-state index is 5.42. The van der Waals surface area contributed by atoms with Crippen molar-refractivity contribution in [3.8, 4) is 0 Å². The van der Waals surface area contributed by atoms with E-state index in [1.807, 2.05) is 0 Å². The van der Waals surface area contributed by atoms with E-state index in [1.165, 1.54) is 6.20 Å². The van der Waals surface area contributed by atoms with Gasteiger partial charge in [-0.25, -0.2) is 4.98 Å². The molecule has 0 spiro atoms. The van der Waals surface area contributed by atoms with E-state index < -0.39 is 0 Å². The van der Waals surface area contributed by atoms with Crippen LogP contribution in [0.5, 0.6) is 0 Å². The van der Waals surface area contributed by atoms with Gasteiger partial charge in [0.25, 0.3) is 0 Å². The zero-order valence-electron chi connectivity index (χ0n) is 6.95. The minimum absolute atomic E-state index is 0.414. The molecule has 1 rings (SSSR count). The monoisotopic (exact) mass is 168 g/mol. The molecule has 1 aromatic heterocycles. The van der Waals surface area contributed by atoms with Crippen LogP contribution in [0.4, 0.5) is 11.6 Å². The molecular weight excluding hydrogens is 156 g/mol. The Bertz CT molecular complexity index is 241. The fraction of sp³-hybridized carbons (Fsp3) is 0.429. The summed E-state index contributed by atoms with van der Waals surface area (Å²) in [5.74, 6) is 1.09. The molecule has 1 aromatic rings. The fourth-order valence-corrected chi connectivity index (χ4v) is 0.747. The van der Waals surface area contributed by atoms with Crippen LogP contribution in [0.25, 0.3) is 0 Å². The Labute approximate surface area is 71.0 Å². The van der Waals surface area contributed by atoms with Crippen LogP contribution in [0.15, 0.2) is 12.4 Å². The minimum Gasteiger partial charge on any atom is -0.383 e. The second-order valence-electron chi connectivity index (χ2n) is 2.25. The Morgan fingerprint density at radius 2 is 2.42 bits per heavy atom. The SMILES string of the molecule is COCCNc1cncc(N)n1. The summed E-state index contributed by atoms with van der Waals surface area (Å²) in [6.45, 7) is 1.34. The number of nitrogens with one attached hydrogen (secondary N) is 1. The topological polar surface area (TPSA) is 73.1 Å². The number of ether oxygens (including phenoxy) is 1. The Hall–Kier alpha value is -1.36. The molecule has 0 atom stereocenters. The van der Waals surface area contributed by atoms with Gasteiger partial charge in [-0.05, 0) is 0 Å². The first kappa shape index (κ1) is 8.73. The smallest absolute Gasteiger partial charge is 0.147 e. The van der Waals surface area contributed by atoms with E-state index in [9.17, 15) is 0 Å². The van der Waals surface area contributed by atoms with Crippen molar-refractivity contribution in [2.45, 2.75) is 0 Å². The fourth-order valence-electron chi connectivity index (χ4n) is 0.747. The lowest BCUT2D eigenvalue weighted by Crippen LogP contribution is -2.09. The molecule has 5 nitrogen and oxygen atoms in total. The lowest BCUT2D eigenvalue weighted by Gasteiger charge is -2.03. The number of aromatic nitrogens is 2. The summed E-state index contributed by atoms with van der Waals surface area (Å²) in [6, 6.07) is 0. The van der Waals surface area contributed by atoms with Gasteiger partial charge in [-0.1, -0.05) is 0 Å². The summed E-state index contributed by atoms with van der Waals surface area (Å²) in [6.07, 6.45) is 3.12. The average Bonchev–Trinajstić information content (AvgIpc) is 2.05. The van der Waals surface area contributed by atoms with E-state index in [-0.39, 0.29) is 0 Å². The lowest BCUT2D eigenvalue weighted by atomic mass is 10.6. The van der Waals surface area contributed by atoms with E-state index in [0.29, 0.717) is 24.8 Å². The maximum Gasteiger partial charge on any atom is 0.147 e. The second-order valence-corrected chi connectivity index (χ2v) is 2.25. The van der Waals surface area contributed by atoms with Gasteiger partial charge >= 0.3 is 0 Å². The molecule has 0 aliphatic carbocycles. The Balaban J connectivity index is 2.41. The molecule has 66 valence electrons. The Morgan fingerprint density at radius 3 is 3.08 bits per heavy atom. The third-order valence-corrected chi connectivity index (χ3v) is 1.27. The molecule has 0 aliphatic heterocycles. The lowest BCUT2D eigenvalue weighted by molar-refractivity contribution is 0.210. The van der Waals surface area contributed by atoms with Crippen LogP contribution in [0.3, 0.4) is 0 Å². The summed E-state index contributed by atoms with van der Waals surface area (Å²) in [5.41, 5.74) is 5.42. The van der Waals surface area contributed by atoms with Gasteiger partial charge in [0.15, 0.2) is 0 Å². The molecule has 5 heteroatoms. The predicted octanol–water partition coefficient (Wildman–Crippen LogP) is 0.117. The second kappa shape index (κ2) is 4.50. The summed E-state index contributed by atoms with van der Waals surface area (Å²) in [7, 11) is 1.65. The van der Waals surface area contributed by atoms with Crippen molar-refractivity contribution in [1.29, 1.82) is 0 Å². The van der Waals surface area contributed by atoms with Crippen LogP contribution in [-0.4, -0.2) is 30.2 Å². The number of nitrogen functional groups attached to an aromatic ring is 1. The average molecular weight is 168 g/mol. The maximum atomic E-state index is 5.42. The van der Waals surface area contributed by atoms with Gasteiger partial charge in [0.2, 0.25) is 0 Å². The highest BCUT2D eigenvalue weighted by atomic mass is 16.5. The van der Waals surface area contributed by atoms with Crippen LogP contribution in [0, 0.1) is 0 Å². The van der Waals surface area contributed by atoms with Crippen molar-refractivity contribution >= 4 is 11.6 Å². The highest BCUT2D eigenvalue weighted by Gasteiger charge is 1.92. The molecule has 3 N–H and O–H groups in total. The van der Waals surface area contributed by atoms with Crippen molar-refractivity contribution in [3.05, 3.63) is 12.4 Å². The third kappa shape index (κ3) is 2.71. The van der Waals surface area contributed by atoms with E-state index in [0.717, 1.165) is 0 Å². The van der Waals surface area contributed by atoms with Crippen LogP contribution < -0.4 is 11.1 Å². The first-order chi connectivity index (χ1) is 5.83. The summed E-state index contributed by atoms with van der Waals surface area (Å²) < 4.78 is 4.85. The van der Waals surface area contributed by atoms with Gasteiger partial charge < -0.3 is 15.8 Å². The van der Waals surface area contributed by atoms with Crippen LogP contribution >= 0.6 is 0 Å². The van der Waals surface area contributed by atoms with Crippen molar-refractivity contribution in [2.24, 2.45) is 0 Å². The zero-order chi connectivity index (χ0) is 8.81. The molecule has 0 bridgehead atoms. The molecule has 0 aliphatic rings. The molecule has 0 saturated heterocycles. The summed E-state index contributed by atoms with van der Waals surface area (Å²) >= 11 is 0. The predicted molar refractivity (Wildman–Crippen MR) is 46.8 cm³/mol. The molecule has 1 heterocycles. The number of hydrogen-bond donors (Lipinski definition) is 2. The van der Waals surface area contributed by atoms with Crippen LogP contribution in [0.1, 0.15) is 0 Å². The largest absolute Gasteiger partial charge is 0.383 e. The first-order valence-electron chi connectivity index (χ1n) is 3.63. The van der Waals surface area contributed by atoms with Gasteiger partial charge in [0.05, 0.1) is 19.0 Å². The molecular formula is C7H12N4O. The molecule has 0 radical (unpaired) electrons. The zero-order valence-corrected chi connectivity index (χ0v) is 6.95. The van der Waals surface area contributed by atoms with Crippen molar-refractivity contribution in [3.63, 3.8) is 0 Å². The first-order valence-corrected chi connectivity index (χ1v) is 3.63. The number of nitrogens with zero attached hydrogens (tertiary/aromatic N) is 2. The number of methoxy groups -OCH3 is 1. The number of anilines is 2. The standard InChI is InChI=1S/C7H12N4O/c1-12-3-2-10-7-5-9-4-6(8)11-7/h4-5H,2-3H2,1H3,(H3,8,10,11). The molecule has 0 aromatic carbocycles. The van der Waals surface area contributed by atoms with E-state index >= 15 is 0 Å². The molecule has 0 amide bonds. The van der Waals surface area contributed by atoms with Gasteiger partial charge in [-0.15, -0.1) is 0 Å². The Kier molecular flexibility index (Phi) is 3.28. The molecule has 12 heavy (non-hydrogen) atoms. The molecule has 0 saturated carbocycles. The third-order valence-electron chi connectivity index (χ3n) is 1.27. The highest BCUT2D eigenvalue weighted by molar-refractivity contribution is 5.38. The van der Waals surface area contributed by atoms with Gasteiger partial charge in [0, 0.05) is 13.7 Å². The number of nitrogens with two attached hydrogens (primary N) is 1. The van der Waals surface area contributed by atoms with E-state index in [2.05, 4.69) is 15.3 Å². The highest BCUT2D eigenvalue weighted by Crippen LogP contribution is 2.01. The van der Waals surface area contributed by atoms with Crippen molar-refractivity contribution in [2.75, 3.05) is 31.3 Å². The van der Waals surface area contributed by atoms with Gasteiger partial charge in [-0.3, -0.25) is 4.98 Å². The van der Waals surface area contributed by atoms with Gasteiger partial charge in [0.1, 0.15) is 11.6 Å². The minimum atomic E-state index is 0.414. The van der Waals surface area contributed by atoms with E-state index in [1.54, 1.807) is 13.3 Å². The van der Waals surface area contributed by atoms with Crippen LogP contribution in [-0.2, 0) is 4.74 Å². The molecule has 0 fully saturated rings.